The van der Waals surface area contributed by atoms with E-state index in [9.17, 15) is 0 Å². The van der Waals surface area contributed by atoms with Gasteiger partial charge in [0.1, 0.15) is 5.75 Å². The zero-order valence-corrected chi connectivity index (χ0v) is 12.2. The Morgan fingerprint density at radius 1 is 1.05 bits per heavy atom. The van der Waals surface area contributed by atoms with Crippen LogP contribution in [-0.2, 0) is 5.41 Å². The number of anilines is 1. The summed E-state index contributed by atoms with van der Waals surface area (Å²) in [5, 5.41) is 0. The van der Waals surface area contributed by atoms with Crippen molar-refractivity contribution in [2.24, 2.45) is 0 Å². The summed E-state index contributed by atoms with van der Waals surface area (Å²) in [6.07, 6.45) is 1.66. The molecule has 0 aliphatic rings. The monoisotopic (exact) mass is 278 g/mol. The van der Waals surface area contributed by atoms with Gasteiger partial charge in [-0.25, -0.2) is 4.98 Å². The first-order valence-corrected chi connectivity index (χ1v) is 5.96. The molecule has 1 heterocycles. The lowest BCUT2D eigenvalue weighted by Crippen LogP contribution is -2.10. The van der Waals surface area contributed by atoms with E-state index in [1.54, 1.807) is 18.3 Å². The molecular weight excluding hydrogens is 260 g/mol. The molecule has 102 valence electrons. The van der Waals surface area contributed by atoms with Crippen molar-refractivity contribution in [3.05, 3.63) is 48.2 Å². The number of nitrogen functional groups attached to an aromatic ring is 1. The Morgan fingerprint density at radius 3 is 2.21 bits per heavy atom. The largest absolute Gasteiger partial charge is 0.437 e. The van der Waals surface area contributed by atoms with E-state index in [0.717, 1.165) is 5.75 Å². The van der Waals surface area contributed by atoms with Crippen molar-refractivity contribution in [2.45, 2.75) is 26.2 Å². The van der Waals surface area contributed by atoms with Crippen LogP contribution in [0.1, 0.15) is 26.3 Å². The smallest absolute Gasteiger partial charge is 0.242 e. The molecule has 0 radical (unpaired) electrons. The summed E-state index contributed by atoms with van der Waals surface area (Å²) in [4.78, 5) is 4.10. The van der Waals surface area contributed by atoms with Crippen molar-refractivity contribution >= 4 is 18.1 Å². The molecule has 2 rings (SSSR count). The Bertz CT molecular complexity index is 533. The fraction of sp³-hybridized carbons (Fsp3) is 0.267. The molecule has 3 nitrogen and oxygen atoms in total. The SMILES string of the molecule is CC(C)(C)c1ccc(Oc2ncccc2N)cc1.Cl. The van der Waals surface area contributed by atoms with E-state index in [0.29, 0.717) is 11.6 Å². The number of nitrogens with zero attached hydrogens (tertiary/aromatic N) is 1. The molecule has 1 aromatic heterocycles. The van der Waals surface area contributed by atoms with Crippen LogP contribution in [0.5, 0.6) is 11.6 Å². The predicted octanol–water partition coefficient (Wildman–Crippen LogP) is 4.18. The van der Waals surface area contributed by atoms with Gasteiger partial charge in [0.15, 0.2) is 0 Å². The van der Waals surface area contributed by atoms with Gasteiger partial charge in [0.05, 0.1) is 5.69 Å². The number of hydrogen-bond donors (Lipinski definition) is 1. The van der Waals surface area contributed by atoms with Crippen molar-refractivity contribution < 1.29 is 4.74 Å². The van der Waals surface area contributed by atoms with Crippen LogP contribution in [0, 0.1) is 0 Å². The van der Waals surface area contributed by atoms with E-state index < -0.39 is 0 Å². The summed E-state index contributed by atoms with van der Waals surface area (Å²) in [5.41, 5.74) is 7.73. The van der Waals surface area contributed by atoms with E-state index in [2.05, 4.69) is 37.9 Å². The summed E-state index contributed by atoms with van der Waals surface area (Å²) >= 11 is 0. The van der Waals surface area contributed by atoms with Crippen LogP contribution in [0.25, 0.3) is 0 Å². The number of aromatic nitrogens is 1. The molecule has 0 bridgehead atoms. The number of nitrogens with two attached hydrogens (primary N) is 1. The third-order valence-electron chi connectivity index (χ3n) is 2.74. The molecule has 2 N–H and O–H groups in total. The predicted molar refractivity (Wildman–Crippen MR) is 81.1 cm³/mol. The highest BCUT2D eigenvalue weighted by Crippen LogP contribution is 2.28. The van der Waals surface area contributed by atoms with E-state index in [-0.39, 0.29) is 17.8 Å². The third-order valence-corrected chi connectivity index (χ3v) is 2.74. The second-order valence-corrected chi connectivity index (χ2v) is 5.27. The number of ether oxygens (including phenoxy) is 1. The van der Waals surface area contributed by atoms with Crippen molar-refractivity contribution in [1.82, 2.24) is 4.98 Å². The Kier molecular flexibility index (Phi) is 4.78. The third kappa shape index (κ3) is 3.86. The molecule has 0 spiro atoms. The van der Waals surface area contributed by atoms with Gasteiger partial charge in [-0.1, -0.05) is 32.9 Å². The van der Waals surface area contributed by atoms with E-state index >= 15 is 0 Å². The number of hydrogen-bond acceptors (Lipinski definition) is 3. The zero-order chi connectivity index (χ0) is 13.2. The average molecular weight is 279 g/mol. The molecule has 2 aromatic rings. The standard InChI is InChI=1S/C15H18N2O.ClH/c1-15(2,3)11-6-8-12(9-7-11)18-14-13(16)5-4-10-17-14;/h4-10H,16H2,1-3H3;1H. The van der Waals surface area contributed by atoms with Crippen LogP contribution < -0.4 is 10.5 Å². The molecule has 0 atom stereocenters. The van der Waals surface area contributed by atoms with Gasteiger partial charge in [-0.05, 0) is 35.2 Å². The fourth-order valence-corrected chi connectivity index (χ4v) is 1.62. The molecule has 0 aliphatic carbocycles. The average Bonchev–Trinajstić information content (AvgIpc) is 2.32. The van der Waals surface area contributed by atoms with Crippen molar-refractivity contribution in [3.8, 4) is 11.6 Å². The van der Waals surface area contributed by atoms with Crippen LogP contribution >= 0.6 is 12.4 Å². The highest BCUT2D eigenvalue weighted by molar-refractivity contribution is 5.85. The quantitative estimate of drug-likeness (QED) is 0.897. The van der Waals surface area contributed by atoms with Crippen LogP contribution in [0.15, 0.2) is 42.6 Å². The molecule has 4 heteroatoms. The summed E-state index contributed by atoms with van der Waals surface area (Å²) in [5.74, 6) is 1.19. The van der Waals surface area contributed by atoms with Gasteiger partial charge in [0.2, 0.25) is 5.88 Å². The lowest BCUT2D eigenvalue weighted by atomic mass is 9.87. The maximum absolute atomic E-state index is 5.78. The number of rotatable bonds is 2. The van der Waals surface area contributed by atoms with Gasteiger partial charge in [-0.2, -0.15) is 0 Å². The maximum Gasteiger partial charge on any atom is 0.242 e. The minimum absolute atomic E-state index is 0. The van der Waals surface area contributed by atoms with Crippen LogP contribution in [0.2, 0.25) is 0 Å². The molecule has 0 amide bonds. The van der Waals surface area contributed by atoms with Crippen molar-refractivity contribution in [1.29, 1.82) is 0 Å². The lowest BCUT2D eigenvalue weighted by molar-refractivity contribution is 0.464. The minimum Gasteiger partial charge on any atom is -0.437 e. The summed E-state index contributed by atoms with van der Waals surface area (Å²) in [6, 6.07) is 11.6. The Balaban J connectivity index is 0.00000180. The molecule has 0 fully saturated rings. The topological polar surface area (TPSA) is 48.1 Å². The van der Waals surface area contributed by atoms with Crippen molar-refractivity contribution in [2.75, 3.05) is 5.73 Å². The fourth-order valence-electron chi connectivity index (χ4n) is 1.62. The van der Waals surface area contributed by atoms with Crippen LogP contribution in [-0.4, -0.2) is 4.98 Å². The van der Waals surface area contributed by atoms with Crippen LogP contribution in [0.3, 0.4) is 0 Å². The summed E-state index contributed by atoms with van der Waals surface area (Å²) in [7, 11) is 0. The van der Waals surface area contributed by atoms with E-state index in [4.69, 9.17) is 10.5 Å². The molecule has 0 unspecified atom stereocenters. The first kappa shape index (κ1) is 15.3. The lowest BCUT2D eigenvalue weighted by Gasteiger charge is -2.19. The van der Waals surface area contributed by atoms with Gasteiger partial charge in [-0.15, -0.1) is 12.4 Å². The van der Waals surface area contributed by atoms with Gasteiger partial charge >= 0.3 is 0 Å². The second kappa shape index (κ2) is 5.93. The maximum atomic E-state index is 5.78. The Morgan fingerprint density at radius 2 is 1.68 bits per heavy atom. The molecule has 1 aromatic carbocycles. The highest BCUT2D eigenvalue weighted by Gasteiger charge is 2.13. The first-order valence-electron chi connectivity index (χ1n) is 5.96. The highest BCUT2D eigenvalue weighted by atomic mass is 35.5. The normalized spacial score (nSPS) is 10.7. The van der Waals surface area contributed by atoms with Crippen LogP contribution in [0.4, 0.5) is 5.69 Å². The molecule has 0 saturated heterocycles. The Hall–Kier alpha value is -1.74. The molecular formula is C15H19ClN2O. The molecule has 0 aliphatic heterocycles. The van der Waals surface area contributed by atoms with Gasteiger partial charge in [0, 0.05) is 6.20 Å². The Labute approximate surface area is 120 Å². The van der Waals surface area contributed by atoms with Crippen molar-refractivity contribution in [3.63, 3.8) is 0 Å². The van der Waals surface area contributed by atoms with Gasteiger partial charge < -0.3 is 10.5 Å². The van der Waals surface area contributed by atoms with E-state index in [1.165, 1.54) is 5.56 Å². The minimum atomic E-state index is 0. The zero-order valence-electron chi connectivity index (χ0n) is 11.4. The van der Waals surface area contributed by atoms with Gasteiger partial charge in [0.25, 0.3) is 0 Å². The number of halogens is 1. The number of benzene rings is 1. The second-order valence-electron chi connectivity index (χ2n) is 5.27. The van der Waals surface area contributed by atoms with Gasteiger partial charge in [-0.3, -0.25) is 0 Å². The summed E-state index contributed by atoms with van der Waals surface area (Å²) in [6.45, 7) is 6.54. The number of pyridine rings is 1. The first-order chi connectivity index (χ1) is 8.47. The summed E-state index contributed by atoms with van der Waals surface area (Å²) < 4.78 is 5.64. The molecule has 0 saturated carbocycles. The van der Waals surface area contributed by atoms with E-state index in [1.807, 2.05) is 12.1 Å². The molecule has 19 heavy (non-hydrogen) atoms.